The van der Waals surface area contributed by atoms with Crippen molar-refractivity contribution < 1.29 is 4.42 Å². The van der Waals surface area contributed by atoms with Crippen LogP contribution in [0.5, 0.6) is 0 Å². The number of furan rings is 1. The van der Waals surface area contributed by atoms with Gasteiger partial charge in [0.25, 0.3) is 0 Å². The van der Waals surface area contributed by atoms with Crippen molar-refractivity contribution >= 4 is 49.8 Å². The molecule has 0 aliphatic heterocycles. The van der Waals surface area contributed by atoms with Gasteiger partial charge in [0.15, 0.2) is 0 Å². The maximum atomic E-state index is 6.49. The molecule has 226 valence electrons. The van der Waals surface area contributed by atoms with Crippen LogP contribution in [0.3, 0.4) is 0 Å². The van der Waals surface area contributed by atoms with Gasteiger partial charge in [0, 0.05) is 27.8 Å². The third-order valence-electron chi connectivity index (χ3n) is 9.27. The first-order valence-corrected chi connectivity index (χ1v) is 16.3. The minimum Gasteiger partial charge on any atom is -0.456 e. The molecule has 0 saturated carbocycles. The molecule has 0 aliphatic carbocycles. The van der Waals surface area contributed by atoms with Crippen LogP contribution in [0.2, 0.25) is 0 Å². The summed E-state index contributed by atoms with van der Waals surface area (Å²) in [4.78, 5) is 2.34. The summed E-state index contributed by atoms with van der Waals surface area (Å²) in [5, 5.41) is 4.61. The monoisotopic (exact) mass is 613 g/mol. The van der Waals surface area contributed by atoms with Gasteiger partial charge < -0.3 is 9.32 Å². The lowest BCUT2D eigenvalue weighted by Gasteiger charge is -2.26. The molecular formula is C46H31NO. The van der Waals surface area contributed by atoms with Gasteiger partial charge in [-0.1, -0.05) is 133 Å². The van der Waals surface area contributed by atoms with Crippen molar-refractivity contribution in [2.24, 2.45) is 0 Å². The highest BCUT2D eigenvalue weighted by Crippen LogP contribution is 2.41. The molecule has 0 unspecified atom stereocenters. The van der Waals surface area contributed by atoms with Crippen molar-refractivity contribution in [1.82, 2.24) is 0 Å². The first-order chi connectivity index (χ1) is 23.8. The predicted octanol–water partition coefficient (Wildman–Crippen LogP) is 13.2. The van der Waals surface area contributed by atoms with E-state index in [-0.39, 0.29) is 0 Å². The summed E-state index contributed by atoms with van der Waals surface area (Å²) in [6.07, 6.45) is 0. The molecule has 0 fully saturated rings. The molecule has 1 aromatic heterocycles. The molecule has 2 heteroatoms. The van der Waals surface area contributed by atoms with E-state index in [1.54, 1.807) is 0 Å². The lowest BCUT2D eigenvalue weighted by molar-refractivity contribution is 0.669. The number of hydrogen-bond acceptors (Lipinski definition) is 2. The zero-order chi connectivity index (χ0) is 31.9. The average Bonchev–Trinajstić information content (AvgIpc) is 3.55. The molecule has 0 N–H and O–H groups in total. The van der Waals surface area contributed by atoms with Crippen LogP contribution in [0.1, 0.15) is 0 Å². The summed E-state index contributed by atoms with van der Waals surface area (Å²) < 4.78 is 6.49. The van der Waals surface area contributed by atoms with Crippen LogP contribution in [-0.4, -0.2) is 0 Å². The average molecular weight is 614 g/mol. The van der Waals surface area contributed by atoms with E-state index in [9.17, 15) is 0 Å². The number of nitrogens with zero attached hydrogens (tertiary/aromatic N) is 1. The maximum absolute atomic E-state index is 6.49. The summed E-state index contributed by atoms with van der Waals surface area (Å²) in [5.41, 5.74) is 12.2. The van der Waals surface area contributed by atoms with Crippen LogP contribution in [0, 0.1) is 0 Å². The Balaban J connectivity index is 1.19. The van der Waals surface area contributed by atoms with Gasteiger partial charge in [0.1, 0.15) is 11.2 Å². The van der Waals surface area contributed by atoms with Gasteiger partial charge in [-0.2, -0.15) is 0 Å². The van der Waals surface area contributed by atoms with Gasteiger partial charge >= 0.3 is 0 Å². The molecule has 0 atom stereocenters. The van der Waals surface area contributed by atoms with Crippen LogP contribution in [-0.2, 0) is 0 Å². The van der Waals surface area contributed by atoms with Crippen molar-refractivity contribution in [3.05, 3.63) is 188 Å². The molecule has 0 aliphatic rings. The minimum atomic E-state index is 0.894. The highest BCUT2D eigenvalue weighted by molar-refractivity contribution is 6.19. The Morgan fingerprint density at radius 3 is 1.33 bits per heavy atom. The van der Waals surface area contributed by atoms with Crippen molar-refractivity contribution in [2.45, 2.75) is 0 Å². The van der Waals surface area contributed by atoms with Gasteiger partial charge in [0.2, 0.25) is 0 Å². The second-order valence-electron chi connectivity index (χ2n) is 12.2. The predicted molar refractivity (Wildman–Crippen MR) is 202 cm³/mol. The second-order valence-corrected chi connectivity index (χ2v) is 12.2. The summed E-state index contributed by atoms with van der Waals surface area (Å²) in [6.45, 7) is 0. The van der Waals surface area contributed by atoms with E-state index >= 15 is 0 Å². The van der Waals surface area contributed by atoms with Gasteiger partial charge in [-0.05, 0) is 98.8 Å². The van der Waals surface area contributed by atoms with E-state index in [2.05, 4.69) is 187 Å². The fraction of sp³-hybridized carbons (Fsp3) is 0. The second kappa shape index (κ2) is 11.8. The van der Waals surface area contributed by atoms with Gasteiger partial charge in [-0.25, -0.2) is 0 Å². The van der Waals surface area contributed by atoms with E-state index in [4.69, 9.17) is 4.42 Å². The van der Waals surface area contributed by atoms with Gasteiger partial charge in [-0.15, -0.1) is 0 Å². The lowest BCUT2D eigenvalue weighted by Crippen LogP contribution is -2.09. The van der Waals surface area contributed by atoms with Crippen molar-refractivity contribution in [2.75, 3.05) is 4.90 Å². The van der Waals surface area contributed by atoms with Crippen LogP contribution in [0.25, 0.3) is 66.1 Å². The van der Waals surface area contributed by atoms with Crippen molar-refractivity contribution in [3.8, 4) is 33.4 Å². The zero-order valence-electron chi connectivity index (χ0n) is 26.3. The molecule has 0 amide bonds. The lowest BCUT2D eigenvalue weighted by atomic mass is 10.00. The van der Waals surface area contributed by atoms with E-state index in [1.807, 2.05) is 6.07 Å². The molecule has 8 aromatic carbocycles. The molecule has 2 nitrogen and oxygen atoms in total. The third kappa shape index (κ3) is 5.01. The largest absolute Gasteiger partial charge is 0.456 e. The smallest absolute Gasteiger partial charge is 0.136 e. The molecule has 0 bridgehead atoms. The molecule has 48 heavy (non-hydrogen) atoms. The zero-order valence-corrected chi connectivity index (χ0v) is 26.3. The molecule has 0 spiro atoms. The standard InChI is InChI=1S/C46H31NO/c1-4-10-32(11-5-1)35-16-23-39(24-17-35)47(40-25-18-36(19-26-40)33-12-6-2-7-13-33)41-27-20-37-22-29-44-46(43(37)31-41)42-28-21-38(30-45(42)48-44)34-14-8-3-9-15-34/h1-31H. The quantitative estimate of drug-likeness (QED) is 0.185. The molecule has 9 aromatic rings. The van der Waals surface area contributed by atoms with E-state index in [0.717, 1.165) is 44.6 Å². The first-order valence-electron chi connectivity index (χ1n) is 16.3. The highest BCUT2D eigenvalue weighted by atomic mass is 16.3. The van der Waals surface area contributed by atoms with Crippen LogP contribution in [0.15, 0.2) is 192 Å². The van der Waals surface area contributed by atoms with E-state index in [1.165, 1.54) is 38.6 Å². The first kappa shape index (κ1) is 27.9. The number of rotatable bonds is 6. The Labute approximate surface area is 279 Å². The number of anilines is 3. The molecule has 9 rings (SSSR count). The van der Waals surface area contributed by atoms with E-state index in [0.29, 0.717) is 0 Å². The van der Waals surface area contributed by atoms with Crippen LogP contribution < -0.4 is 4.90 Å². The fourth-order valence-corrected chi connectivity index (χ4v) is 6.85. The van der Waals surface area contributed by atoms with Gasteiger partial charge in [0.05, 0.1) is 0 Å². The highest BCUT2D eigenvalue weighted by Gasteiger charge is 2.17. The summed E-state index contributed by atoms with van der Waals surface area (Å²) in [6, 6.07) is 66.9. The fourth-order valence-electron chi connectivity index (χ4n) is 6.85. The molecule has 0 radical (unpaired) electrons. The molecule has 1 heterocycles. The Kier molecular flexibility index (Phi) is 6.84. The Bertz CT molecular complexity index is 2430. The maximum Gasteiger partial charge on any atom is 0.136 e. The summed E-state index contributed by atoms with van der Waals surface area (Å²) >= 11 is 0. The van der Waals surface area contributed by atoms with Crippen LogP contribution >= 0.6 is 0 Å². The normalized spacial score (nSPS) is 11.3. The van der Waals surface area contributed by atoms with Crippen LogP contribution in [0.4, 0.5) is 17.1 Å². The van der Waals surface area contributed by atoms with Crippen molar-refractivity contribution in [1.29, 1.82) is 0 Å². The summed E-state index contributed by atoms with van der Waals surface area (Å²) in [7, 11) is 0. The molecular weight excluding hydrogens is 583 g/mol. The molecule has 0 saturated heterocycles. The minimum absolute atomic E-state index is 0.894. The van der Waals surface area contributed by atoms with Crippen molar-refractivity contribution in [3.63, 3.8) is 0 Å². The van der Waals surface area contributed by atoms with Gasteiger partial charge in [-0.3, -0.25) is 0 Å². The number of fused-ring (bicyclic) bond motifs is 5. The topological polar surface area (TPSA) is 16.4 Å². The Morgan fingerprint density at radius 2 is 0.771 bits per heavy atom. The Morgan fingerprint density at radius 1 is 0.312 bits per heavy atom. The SMILES string of the molecule is c1ccc(-c2ccc(N(c3ccc(-c4ccccc4)cc3)c3ccc4ccc5oc6cc(-c7ccccc7)ccc6c5c4c3)cc2)cc1. The summed E-state index contributed by atoms with van der Waals surface area (Å²) in [5.74, 6) is 0. The van der Waals surface area contributed by atoms with E-state index < -0.39 is 0 Å². The number of hydrogen-bond donors (Lipinski definition) is 0. The third-order valence-corrected chi connectivity index (χ3v) is 9.27. The Hall–Kier alpha value is -6.38. The number of benzene rings is 8.